The van der Waals surface area contributed by atoms with Gasteiger partial charge < -0.3 is 14.5 Å². The molecule has 35 heavy (non-hydrogen) atoms. The summed E-state index contributed by atoms with van der Waals surface area (Å²) in [4.78, 5) is 36.0. The van der Waals surface area contributed by atoms with Crippen molar-refractivity contribution >= 4 is 23.6 Å². The van der Waals surface area contributed by atoms with Crippen molar-refractivity contribution < 1.29 is 14.3 Å². The van der Waals surface area contributed by atoms with E-state index in [1.54, 1.807) is 4.90 Å². The van der Waals surface area contributed by atoms with Crippen LogP contribution in [0.2, 0.25) is 5.02 Å². The molecular weight excluding hydrogens is 464 g/mol. The summed E-state index contributed by atoms with van der Waals surface area (Å²) < 4.78 is 4.87. The minimum atomic E-state index is -0.297. The molecule has 2 amide bonds. The summed E-state index contributed by atoms with van der Waals surface area (Å²) in [6.45, 7) is 4.31. The van der Waals surface area contributed by atoms with E-state index >= 15 is 0 Å². The number of likely N-dealkylation sites (tertiary alicyclic amines) is 1. The highest BCUT2D eigenvalue weighted by molar-refractivity contribution is 6.30. The van der Waals surface area contributed by atoms with Gasteiger partial charge in [-0.3, -0.25) is 14.7 Å². The maximum atomic E-state index is 13.1. The molecule has 0 spiro atoms. The lowest BCUT2D eigenvalue weighted by molar-refractivity contribution is -0.134. The largest absolute Gasteiger partial charge is 0.453 e. The molecule has 2 fully saturated rings. The smallest absolute Gasteiger partial charge is 0.409 e. The van der Waals surface area contributed by atoms with Gasteiger partial charge in [-0.05, 0) is 66.5 Å². The number of carbonyl (C=O) groups excluding carboxylic acids is 2. The lowest BCUT2D eigenvalue weighted by Crippen LogP contribution is -2.51. The van der Waals surface area contributed by atoms with Crippen LogP contribution in [-0.4, -0.2) is 78.1 Å². The minimum Gasteiger partial charge on any atom is -0.453 e. The number of hydrogen-bond donors (Lipinski definition) is 0. The van der Waals surface area contributed by atoms with Crippen LogP contribution in [0, 0.1) is 5.92 Å². The fourth-order valence-electron chi connectivity index (χ4n) is 5.88. The summed E-state index contributed by atoms with van der Waals surface area (Å²) in [5.74, 6) is 0.385. The van der Waals surface area contributed by atoms with Gasteiger partial charge in [-0.25, -0.2) is 4.79 Å². The molecule has 186 valence electrons. The number of pyridine rings is 1. The number of ether oxygens (including phenoxy) is 1. The summed E-state index contributed by atoms with van der Waals surface area (Å²) >= 11 is 6.34. The van der Waals surface area contributed by atoms with Crippen molar-refractivity contribution in [3.8, 4) is 0 Å². The van der Waals surface area contributed by atoms with Crippen molar-refractivity contribution in [2.24, 2.45) is 5.92 Å². The molecule has 2 aliphatic heterocycles. The molecule has 1 aliphatic carbocycles. The Hall–Kier alpha value is -2.64. The maximum Gasteiger partial charge on any atom is 0.409 e. The number of methoxy groups -OCH3 is 1. The summed E-state index contributed by atoms with van der Waals surface area (Å²) in [6.07, 6.45) is 5.87. The van der Waals surface area contributed by atoms with E-state index in [1.165, 1.54) is 23.8 Å². The number of amides is 2. The van der Waals surface area contributed by atoms with Gasteiger partial charge in [0.1, 0.15) is 0 Å². The van der Waals surface area contributed by atoms with Crippen LogP contribution >= 0.6 is 11.6 Å². The van der Waals surface area contributed by atoms with E-state index in [4.69, 9.17) is 21.3 Å². The number of aryl methyl sites for hydroxylation is 2. The molecule has 5 rings (SSSR count). The lowest BCUT2D eigenvalue weighted by atomic mass is 9.94. The first kappa shape index (κ1) is 24.1. The van der Waals surface area contributed by atoms with Crippen molar-refractivity contribution in [2.75, 3.05) is 46.4 Å². The number of halogens is 1. The highest BCUT2D eigenvalue weighted by Gasteiger charge is 2.34. The van der Waals surface area contributed by atoms with Crippen LogP contribution < -0.4 is 0 Å². The molecule has 2 aromatic rings. The van der Waals surface area contributed by atoms with Gasteiger partial charge in [-0.1, -0.05) is 23.7 Å². The fraction of sp³-hybridized carbons (Fsp3) is 0.519. The Labute approximate surface area is 212 Å². The van der Waals surface area contributed by atoms with Crippen LogP contribution in [0.25, 0.3) is 0 Å². The summed E-state index contributed by atoms with van der Waals surface area (Å²) in [6, 6.07) is 10.5. The van der Waals surface area contributed by atoms with Gasteiger partial charge >= 0.3 is 6.09 Å². The third kappa shape index (κ3) is 5.16. The van der Waals surface area contributed by atoms with Crippen LogP contribution in [0.5, 0.6) is 0 Å². The van der Waals surface area contributed by atoms with Crippen molar-refractivity contribution in [2.45, 2.75) is 38.1 Å². The first-order valence-electron chi connectivity index (χ1n) is 12.6. The molecule has 2 saturated heterocycles. The Morgan fingerprint density at radius 3 is 2.66 bits per heavy atom. The van der Waals surface area contributed by atoms with Gasteiger partial charge in [0, 0.05) is 56.9 Å². The molecule has 0 bridgehead atoms. The molecule has 3 heterocycles. The zero-order valence-electron chi connectivity index (χ0n) is 20.3. The molecule has 7 nitrogen and oxygen atoms in total. The number of rotatable bonds is 3. The summed E-state index contributed by atoms with van der Waals surface area (Å²) in [7, 11) is 1.41. The topological polar surface area (TPSA) is 66.0 Å². The van der Waals surface area contributed by atoms with E-state index in [9.17, 15) is 9.59 Å². The quantitative estimate of drug-likeness (QED) is 0.644. The van der Waals surface area contributed by atoms with Crippen molar-refractivity contribution in [3.63, 3.8) is 0 Å². The lowest BCUT2D eigenvalue weighted by Gasteiger charge is -2.40. The van der Waals surface area contributed by atoms with Gasteiger partial charge in [0.25, 0.3) is 0 Å². The predicted octanol–water partition coefficient (Wildman–Crippen LogP) is 3.94. The van der Waals surface area contributed by atoms with Crippen molar-refractivity contribution in [1.82, 2.24) is 19.7 Å². The molecule has 0 saturated carbocycles. The number of piperidine rings is 1. The molecule has 2 unspecified atom stereocenters. The molecule has 1 aromatic heterocycles. The molecule has 2 atom stereocenters. The standard InChI is InChI=1S/C27H33ClN4O3/c1-35-27(34)32-11-3-4-19(18-32)16-24(33)30-12-14-31(15-13-30)26-23-9-8-22(28)17-21(23)7-6-20-5-2-10-29-25(20)26/h2,5,8-10,17,19,26H,3-4,6-7,11-16,18H2,1H3. The van der Waals surface area contributed by atoms with Gasteiger partial charge in [0.15, 0.2) is 0 Å². The predicted molar refractivity (Wildman–Crippen MR) is 134 cm³/mol. The number of aromatic nitrogens is 1. The highest BCUT2D eigenvalue weighted by Crippen LogP contribution is 2.37. The van der Waals surface area contributed by atoms with Gasteiger partial charge in [0.2, 0.25) is 5.91 Å². The second-order valence-corrected chi connectivity index (χ2v) is 10.3. The number of nitrogens with zero attached hydrogens (tertiary/aromatic N) is 4. The van der Waals surface area contributed by atoms with Crippen LogP contribution in [0.3, 0.4) is 0 Å². The van der Waals surface area contributed by atoms with E-state index in [0.29, 0.717) is 32.6 Å². The minimum absolute atomic E-state index is 0.0742. The molecule has 0 radical (unpaired) electrons. The van der Waals surface area contributed by atoms with Crippen molar-refractivity contribution in [1.29, 1.82) is 0 Å². The second-order valence-electron chi connectivity index (χ2n) is 9.84. The number of piperazine rings is 1. The molecule has 3 aliphatic rings. The van der Waals surface area contributed by atoms with E-state index in [0.717, 1.165) is 49.5 Å². The first-order chi connectivity index (χ1) is 17.0. The third-order valence-corrected chi connectivity index (χ3v) is 7.93. The average Bonchev–Trinajstić information content (AvgIpc) is 3.05. The number of carbonyl (C=O) groups is 2. The number of fused-ring (bicyclic) bond motifs is 2. The Kier molecular flexibility index (Phi) is 7.25. The maximum absolute atomic E-state index is 13.1. The highest BCUT2D eigenvalue weighted by atomic mass is 35.5. The molecule has 1 aromatic carbocycles. The van der Waals surface area contributed by atoms with E-state index in [2.05, 4.69) is 23.1 Å². The molecule has 8 heteroatoms. The SMILES string of the molecule is COC(=O)N1CCCC(CC(=O)N2CCN(C3c4ccc(Cl)cc4CCc4cccnc43)CC2)C1. The Morgan fingerprint density at radius 1 is 1.06 bits per heavy atom. The average molecular weight is 497 g/mol. The zero-order valence-corrected chi connectivity index (χ0v) is 21.0. The van der Waals surface area contributed by atoms with E-state index in [1.807, 2.05) is 23.2 Å². The van der Waals surface area contributed by atoms with Crippen LogP contribution in [0.4, 0.5) is 4.79 Å². The number of benzene rings is 1. The summed E-state index contributed by atoms with van der Waals surface area (Å²) in [5.41, 5.74) is 4.97. The molecular formula is C27H33ClN4O3. The second kappa shape index (κ2) is 10.5. The van der Waals surface area contributed by atoms with Gasteiger partial charge in [0.05, 0.1) is 18.8 Å². The fourth-order valence-corrected chi connectivity index (χ4v) is 6.08. The van der Waals surface area contributed by atoms with E-state index in [-0.39, 0.29) is 24.0 Å². The Morgan fingerprint density at radius 2 is 1.86 bits per heavy atom. The van der Waals surface area contributed by atoms with Crippen LogP contribution in [0.1, 0.15) is 47.7 Å². The normalized spacial score (nSPS) is 22.7. The van der Waals surface area contributed by atoms with Crippen LogP contribution in [-0.2, 0) is 22.4 Å². The monoisotopic (exact) mass is 496 g/mol. The summed E-state index contributed by atoms with van der Waals surface area (Å²) in [5, 5.41) is 0.769. The Balaban J connectivity index is 1.27. The van der Waals surface area contributed by atoms with Gasteiger partial charge in [-0.2, -0.15) is 0 Å². The number of hydrogen-bond acceptors (Lipinski definition) is 5. The van der Waals surface area contributed by atoms with Crippen molar-refractivity contribution in [3.05, 3.63) is 63.9 Å². The molecule has 0 N–H and O–H groups in total. The van der Waals surface area contributed by atoms with Crippen LogP contribution in [0.15, 0.2) is 36.5 Å². The van der Waals surface area contributed by atoms with Gasteiger partial charge in [-0.15, -0.1) is 0 Å². The van der Waals surface area contributed by atoms with E-state index < -0.39 is 0 Å². The first-order valence-corrected chi connectivity index (χ1v) is 13.0. The zero-order chi connectivity index (χ0) is 24.4. The third-order valence-electron chi connectivity index (χ3n) is 7.70. The Bertz CT molecular complexity index is 1090.